The van der Waals surface area contributed by atoms with Crippen LogP contribution in [0.4, 0.5) is 0 Å². The fourth-order valence-electron chi connectivity index (χ4n) is 3.32. The summed E-state index contributed by atoms with van der Waals surface area (Å²) in [6.07, 6.45) is 0.783. The topological polar surface area (TPSA) is 71.6 Å². The zero-order chi connectivity index (χ0) is 20.1. The van der Waals surface area contributed by atoms with Crippen molar-refractivity contribution in [3.63, 3.8) is 0 Å². The number of aromatic amines is 1. The number of ketones is 2. The molecular weight excluding hydrogens is 344 g/mol. The van der Waals surface area contributed by atoms with Crippen LogP contribution in [-0.4, -0.2) is 55.8 Å². The van der Waals surface area contributed by atoms with Gasteiger partial charge in [0, 0.05) is 17.8 Å². The lowest BCUT2D eigenvalue weighted by molar-refractivity contribution is 0.0941. The van der Waals surface area contributed by atoms with Gasteiger partial charge in [0.25, 0.3) is 0 Å². The molecule has 146 valence electrons. The van der Waals surface area contributed by atoms with E-state index in [9.17, 15) is 9.59 Å². The third-order valence-electron chi connectivity index (χ3n) is 4.71. The summed E-state index contributed by atoms with van der Waals surface area (Å²) >= 11 is 0. The summed E-state index contributed by atoms with van der Waals surface area (Å²) in [5.74, 6) is 1.35. The van der Waals surface area contributed by atoms with Gasteiger partial charge in [-0.3, -0.25) is 14.5 Å². The number of aromatic nitrogens is 1. The minimum absolute atomic E-state index is 0.0158. The molecule has 0 spiro atoms. The lowest BCUT2D eigenvalue weighted by atomic mass is 10.1. The van der Waals surface area contributed by atoms with Gasteiger partial charge in [0.2, 0.25) is 0 Å². The average molecular weight is 372 g/mol. The average Bonchev–Trinajstić information content (AvgIpc) is 2.94. The fourth-order valence-corrected chi connectivity index (χ4v) is 3.32. The molecule has 0 fully saturated rings. The molecule has 0 aliphatic rings. The van der Waals surface area contributed by atoms with Gasteiger partial charge in [-0.1, -0.05) is 6.07 Å². The first kappa shape index (κ1) is 20.7. The van der Waals surface area contributed by atoms with E-state index in [1.54, 1.807) is 14.2 Å². The number of nitrogens with zero attached hydrogens (tertiary/aromatic N) is 1. The first-order chi connectivity index (χ1) is 12.8. The number of carbonyl (C=O) groups is 2. The number of hydrogen-bond donors (Lipinski definition) is 1. The Morgan fingerprint density at radius 2 is 1.78 bits per heavy atom. The number of carbonyl (C=O) groups excluding carboxylic acids is 2. The zero-order valence-corrected chi connectivity index (χ0v) is 16.9. The molecule has 0 aliphatic heterocycles. The van der Waals surface area contributed by atoms with Crippen molar-refractivity contribution in [3.8, 4) is 11.5 Å². The van der Waals surface area contributed by atoms with E-state index in [1.807, 2.05) is 44.0 Å². The summed E-state index contributed by atoms with van der Waals surface area (Å²) in [5.41, 5.74) is 3.73. The Morgan fingerprint density at radius 3 is 2.33 bits per heavy atom. The Kier molecular flexibility index (Phi) is 6.80. The second kappa shape index (κ2) is 8.86. The number of hydrogen-bond acceptors (Lipinski definition) is 5. The van der Waals surface area contributed by atoms with Gasteiger partial charge in [-0.05, 0) is 57.5 Å². The quantitative estimate of drug-likeness (QED) is 0.685. The van der Waals surface area contributed by atoms with Crippen LogP contribution in [0.1, 0.15) is 44.6 Å². The van der Waals surface area contributed by atoms with Gasteiger partial charge in [-0.15, -0.1) is 0 Å². The van der Waals surface area contributed by atoms with Crippen LogP contribution in [0.2, 0.25) is 0 Å². The minimum Gasteiger partial charge on any atom is -0.493 e. The SMILES string of the molecule is COc1ccc(CCN(C)CC(=O)c2[nH]c(C)c(C(C)=O)c2C)cc1OC. The van der Waals surface area contributed by atoms with Crippen molar-refractivity contribution in [2.45, 2.75) is 27.2 Å². The highest BCUT2D eigenvalue weighted by molar-refractivity contribution is 6.03. The molecule has 1 aromatic heterocycles. The molecule has 0 unspecified atom stereocenters. The van der Waals surface area contributed by atoms with Crippen LogP contribution in [0.5, 0.6) is 11.5 Å². The van der Waals surface area contributed by atoms with Crippen LogP contribution in [0.15, 0.2) is 18.2 Å². The van der Waals surface area contributed by atoms with Crippen molar-refractivity contribution in [2.24, 2.45) is 0 Å². The number of benzene rings is 1. The van der Waals surface area contributed by atoms with Crippen molar-refractivity contribution >= 4 is 11.6 Å². The molecule has 2 aromatic rings. The lowest BCUT2D eigenvalue weighted by Crippen LogP contribution is -2.28. The van der Waals surface area contributed by atoms with Crippen molar-refractivity contribution in [3.05, 3.63) is 46.3 Å². The molecule has 1 heterocycles. The third kappa shape index (κ3) is 4.77. The molecule has 0 aliphatic carbocycles. The van der Waals surface area contributed by atoms with Crippen molar-refractivity contribution in [1.82, 2.24) is 9.88 Å². The molecule has 0 radical (unpaired) electrons. The Labute approximate surface area is 160 Å². The molecule has 6 nitrogen and oxygen atoms in total. The Bertz CT molecular complexity index is 839. The van der Waals surface area contributed by atoms with Crippen molar-refractivity contribution in [1.29, 1.82) is 0 Å². The summed E-state index contributed by atoms with van der Waals surface area (Å²) in [5, 5.41) is 0. The standard InChI is InChI=1S/C21H28N2O4/c1-13-20(15(3)24)14(2)22-21(13)17(25)12-23(4)10-9-16-7-8-18(26-5)19(11-16)27-6/h7-8,11,22H,9-10,12H2,1-6H3. The van der Waals surface area contributed by atoms with E-state index in [0.29, 0.717) is 22.8 Å². The third-order valence-corrected chi connectivity index (χ3v) is 4.71. The first-order valence-electron chi connectivity index (χ1n) is 8.91. The monoisotopic (exact) mass is 372 g/mol. The number of H-pyrrole nitrogens is 1. The molecule has 0 atom stereocenters. The highest BCUT2D eigenvalue weighted by Crippen LogP contribution is 2.27. The van der Waals surface area contributed by atoms with E-state index in [1.165, 1.54) is 6.92 Å². The molecule has 27 heavy (non-hydrogen) atoms. The Hall–Kier alpha value is -2.60. The summed E-state index contributed by atoms with van der Waals surface area (Å²) < 4.78 is 10.6. The molecule has 0 saturated carbocycles. The van der Waals surface area contributed by atoms with E-state index < -0.39 is 0 Å². The predicted octanol–water partition coefficient (Wildman–Crippen LogP) is 3.21. The molecule has 6 heteroatoms. The zero-order valence-electron chi connectivity index (χ0n) is 16.9. The van der Waals surface area contributed by atoms with E-state index in [0.717, 1.165) is 29.8 Å². The van der Waals surface area contributed by atoms with E-state index in [2.05, 4.69) is 4.98 Å². The van der Waals surface area contributed by atoms with Gasteiger partial charge >= 0.3 is 0 Å². The van der Waals surface area contributed by atoms with Crippen LogP contribution >= 0.6 is 0 Å². The van der Waals surface area contributed by atoms with Gasteiger partial charge in [0.05, 0.1) is 26.5 Å². The number of Topliss-reactive ketones (excluding diaryl/α,β-unsaturated/α-hetero) is 2. The summed E-state index contributed by atoms with van der Waals surface area (Å²) in [6.45, 7) is 6.16. The fraction of sp³-hybridized carbons (Fsp3) is 0.429. The number of likely N-dealkylation sites (N-methyl/N-ethyl adjacent to an activating group) is 1. The predicted molar refractivity (Wildman–Crippen MR) is 105 cm³/mol. The number of methoxy groups -OCH3 is 2. The van der Waals surface area contributed by atoms with Crippen molar-refractivity contribution < 1.29 is 19.1 Å². The molecule has 0 amide bonds. The van der Waals surface area contributed by atoms with Crippen LogP contribution in [-0.2, 0) is 6.42 Å². The number of aryl methyl sites for hydroxylation is 1. The van der Waals surface area contributed by atoms with Crippen LogP contribution in [0, 0.1) is 13.8 Å². The number of rotatable bonds is 9. The maximum absolute atomic E-state index is 12.6. The molecule has 1 N–H and O–H groups in total. The second-order valence-corrected chi connectivity index (χ2v) is 6.78. The smallest absolute Gasteiger partial charge is 0.193 e. The summed E-state index contributed by atoms with van der Waals surface area (Å²) in [7, 11) is 5.14. The highest BCUT2D eigenvalue weighted by Gasteiger charge is 2.20. The van der Waals surface area contributed by atoms with E-state index in [4.69, 9.17) is 9.47 Å². The van der Waals surface area contributed by atoms with Crippen LogP contribution in [0.25, 0.3) is 0 Å². The highest BCUT2D eigenvalue weighted by atomic mass is 16.5. The molecule has 0 bridgehead atoms. The molecular formula is C21H28N2O4. The van der Waals surface area contributed by atoms with Crippen molar-refractivity contribution in [2.75, 3.05) is 34.4 Å². The molecule has 1 aromatic carbocycles. The maximum atomic E-state index is 12.6. The molecule has 2 rings (SSSR count). The number of nitrogens with one attached hydrogen (secondary N) is 1. The Morgan fingerprint density at radius 1 is 1.11 bits per heavy atom. The van der Waals surface area contributed by atoms with Crippen LogP contribution in [0.3, 0.4) is 0 Å². The van der Waals surface area contributed by atoms with Gasteiger partial charge in [-0.25, -0.2) is 0 Å². The first-order valence-corrected chi connectivity index (χ1v) is 8.91. The number of ether oxygens (including phenoxy) is 2. The summed E-state index contributed by atoms with van der Waals surface area (Å²) in [6, 6.07) is 5.83. The minimum atomic E-state index is -0.0258. The van der Waals surface area contributed by atoms with Gasteiger partial charge in [-0.2, -0.15) is 0 Å². The maximum Gasteiger partial charge on any atom is 0.193 e. The summed E-state index contributed by atoms with van der Waals surface area (Å²) in [4.78, 5) is 29.4. The van der Waals surface area contributed by atoms with Gasteiger partial charge < -0.3 is 14.5 Å². The van der Waals surface area contributed by atoms with Gasteiger partial charge in [0.1, 0.15) is 0 Å². The largest absolute Gasteiger partial charge is 0.493 e. The van der Waals surface area contributed by atoms with E-state index >= 15 is 0 Å². The normalized spacial score (nSPS) is 10.9. The van der Waals surface area contributed by atoms with Crippen LogP contribution < -0.4 is 9.47 Å². The Balaban J connectivity index is 2.00. The van der Waals surface area contributed by atoms with Gasteiger partial charge in [0.15, 0.2) is 23.1 Å². The van der Waals surface area contributed by atoms with E-state index in [-0.39, 0.29) is 18.1 Å². The lowest BCUT2D eigenvalue weighted by Gasteiger charge is -2.16. The molecule has 0 saturated heterocycles. The second-order valence-electron chi connectivity index (χ2n) is 6.78.